The van der Waals surface area contributed by atoms with Gasteiger partial charge in [-0.2, -0.15) is 0 Å². The average Bonchev–Trinajstić information content (AvgIpc) is 2.99. The number of aromatic nitrogens is 2. The van der Waals surface area contributed by atoms with Crippen LogP contribution in [0.3, 0.4) is 0 Å². The third-order valence-corrected chi connectivity index (χ3v) is 5.72. The lowest BCUT2D eigenvalue weighted by Crippen LogP contribution is -2.35. The molecule has 0 aliphatic carbocycles. The van der Waals surface area contributed by atoms with E-state index in [1.165, 1.54) is 27.1 Å². The number of anilines is 2. The number of aryl methyl sites for hydroxylation is 2. The Balaban J connectivity index is 1.68. The summed E-state index contributed by atoms with van der Waals surface area (Å²) in [5.41, 5.74) is 1.54. The van der Waals surface area contributed by atoms with Gasteiger partial charge in [0.2, 0.25) is 0 Å². The molecule has 0 atom stereocenters. The molecule has 138 valence electrons. The standard InChI is InChI=1S/C18H16N4O4S/c1-9-14-17(19-8-21(2)18(14)25)27-15(9)16(24)20-10-4-5-12-11(6-10)22(3)13(23)7-26-12/h4-6,8H,7H2,1-3H3,(H,20,24). The predicted molar refractivity (Wildman–Crippen MR) is 103 cm³/mol. The Bertz CT molecular complexity index is 1160. The maximum absolute atomic E-state index is 12.8. The smallest absolute Gasteiger partial charge is 0.266 e. The van der Waals surface area contributed by atoms with Gasteiger partial charge < -0.3 is 19.5 Å². The highest BCUT2D eigenvalue weighted by Crippen LogP contribution is 2.34. The highest BCUT2D eigenvalue weighted by molar-refractivity contribution is 7.20. The number of carbonyl (C=O) groups excluding carboxylic acids is 2. The second-order valence-electron chi connectivity index (χ2n) is 6.28. The third kappa shape index (κ3) is 2.76. The number of nitrogens with one attached hydrogen (secondary N) is 1. The highest BCUT2D eigenvalue weighted by atomic mass is 32.1. The van der Waals surface area contributed by atoms with Crippen molar-refractivity contribution in [3.8, 4) is 5.75 Å². The number of benzene rings is 1. The fraction of sp³-hybridized carbons (Fsp3) is 0.222. The van der Waals surface area contributed by atoms with Crippen molar-refractivity contribution in [2.24, 2.45) is 7.05 Å². The summed E-state index contributed by atoms with van der Waals surface area (Å²) in [4.78, 5) is 43.6. The zero-order valence-electron chi connectivity index (χ0n) is 14.9. The van der Waals surface area contributed by atoms with Crippen LogP contribution in [0, 0.1) is 6.92 Å². The van der Waals surface area contributed by atoms with E-state index in [1.54, 1.807) is 39.2 Å². The number of amides is 2. The van der Waals surface area contributed by atoms with E-state index in [1.807, 2.05) is 0 Å². The zero-order chi connectivity index (χ0) is 19.3. The molecule has 27 heavy (non-hydrogen) atoms. The number of rotatable bonds is 2. The Morgan fingerprint density at radius 3 is 2.85 bits per heavy atom. The number of fused-ring (bicyclic) bond motifs is 2. The molecule has 4 rings (SSSR count). The SMILES string of the molecule is Cc1c(C(=O)Nc2ccc3c(c2)N(C)C(=O)CO3)sc2ncn(C)c(=O)c12. The zero-order valence-corrected chi connectivity index (χ0v) is 15.7. The lowest BCUT2D eigenvalue weighted by Gasteiger charge is -2.26. The van der Waals surface area contributed by atoms with Crippen molar-refractivity contribution in [2.45, 2.75) is 6.92 Å². The van der Waals surface area contributed by atoms with Crippen molar-refractivity contribution < 1.29 is 14.3 Å². The van der Waals surface area contributed by atoms with Crippen molar-refractivity contribution in [2.75, 3.05) is 23.9 Å². The molecule has 8 nitrogen and oxygen atoms in total. The molecule has 0 bridgehead atoms. The Labute approximate surface area is 158 Å². The fourth-order valence-corrected chi connectivity index (χ4v) is 4.00. The van der Waals surface area contributed by atoms with Crippen LogP contribution >= 0.6 is 11.3 Å². The van der Waals surface area contributed by atoms with Crippen molar-refractivity contribution in [1.82, 2.24) is 9.55 Å². The van der Waals surface area contributed by atoms with Gasteiger partial charge in [0.15, 0.2) is 6.61 Å². The molecule has 1 aliphatic heterocycles. The summed E-state index contributed by atoms with van der Waals surface area (Å²) in [6, 6.07) is 5.10. The summed E-state index contributed by atoms with van der Waals surface area (Å²) >= 11 is 1.18. The second kappa shape index (κ2) is 6.20. The maximum atomic E-state index is 12.8. The van der Waals surface area contributed by atoms with E-state index in [-0.39, 0.29) is 24.0 Å². The number of ether oxygens (including phenoxy) is 1. The lowest BCUT2D eigenvalue weighted by molar-refractivity contribution is -0.120. The molecular formula is C18H16N4O4S. The largest absolute Gasteiger partial charge is 0.482 e. The number of nitrogens with zero attached hydrogens (tertiary/aromatic N) is 3. The van der Waals surface area contributed by atoms with Crippen LogP contribution in [0.4, 0.5) is 11.4 Å². The molecule has 1 aliphatic rings. The first-order chi connectivity index (χ1) is 12.9. The Hall–Kier alpha value is -3.20. The van der Waals surface area contributed by atoms with Crippen LogP contribution < -0.4 is 20.5 Å². The number of thiophene rings is 1. The van der Waals surface area contributed by atoms with Gasteiger partial charge in [0, 0.05) is 19.8 Å². The Kier molecular flexibility index (Phi) is 3.96. The van der Waals surface area contributed by atoms with Gasteiger partial charge in [-0.15, -0.1) is 11.3 Å². The molecule has 0 saturated heterocycles. The minimum Gasteiger partial charge on any atom is -0.482 e. The molecule has 1 aromatic carbocycles. The first-order valence-corrected chi connectivity index (χ1v) is 8.98. The van der Waals surface area contributed by atoms with Crippen LogP contribution in [-0.4, -0.2) is 35.0 Å². The van der Waals surface area contributed by atoms with Crippen molar-refractivity contribution in [1.29, 1.82) is 0 Å². The molecular weight excluding hydrogens is 368 g/mol. The van der Waals surface area contributed by atoms with Gasteiger partial charge >= 0.3 is 0 Å². The monoisotopic (exact) mass is 384 g/mol. The number of likely N-dealkylation sites (N-methyl/N-ethyl adjacent to an activating group) is 1. The van der Waals surface area contributed by atoms with E-state index < -0.39 is 0 Å². The van der Waals surface area contributed by atoms with E-state index in [0.29, 0.717) is 37.8 Å². The maximum Gasteiger partial charge on any atom is 0.266 e. The number of carbonyl (C=O) groups is 2. The van der Waals surface area contributed by atoms with E-state index >= 15 is 0 Å². The van der Waals surface area contributed by atoms with E-state index in [4.69, 9.17) is 4.74 Å². The van der Waals surface area contributed by atoms with E-state index in [0.717, 1.165) is 0 Å². The number of hydrogen-bond donors (Lipinski definition) is 1. The van der Waals surface area contributed by atoms with Gasteiger partial charge in [-0.3, -0.25) is 14.4 Å². The summed E-state index contributed by atoms with van der Waals surface area (Å²) in [6.07, 6.45) is 1.44. The summed E-state index contributed by atoms with van der Waals surface area (Å²) in [6.45, 7) is 1.74. The average molecular weight is 384 g/mol. The highest BCUT2D eigenvalue weighted by Gasteiger charge is 2.23. The van der Waals surface area contributed by atoms with Crippen molar-refractivity contribution in [3.05, 3.63) is 45.3 Å². The first kappa shape index (κ1) is 17.2. The minimum atomic E-state index is -0.330. The quantitative estimate of drug-likeness (QED) is 0.728. The van der Waals surface area contributed by atoms with Crippen LogP contribution in [0.1, 0.15) is 15.2 Å². The topological polar surface area (TPSA) is 93.5 Å². The third-order valence-electron chi connectivity index (χ3n) is 4.52. The molecule has 3 aromatic rings. The molecule has 0 saturated carbocycles. The van der Waals surface area contributed by atoms with Crippen LogP contribution in [0.2, 0.25) is 0 Å². The molecule has 2 amide bonds. The van der Waals surface area contributed by atoms with Crippen molar-refractivity contribution in [3.63, 3.8) is 0 Å². The molecule has 0 radical (unpaired) electrons. The first-order valence-electron chi connectivity index (χ1n) is 8.16. The molecule has 2 aromatic heterocycles. The summed E-state index contributed by atoms with van der Waals surface area (Å²) in [5, 5.41) is 3.28. The van der Waals surface area contributed by atoms with Gasteiger partial charge in [-0.05, 0) is 30.7 Å². The van der Waals surface area contributed by atoms with Crippen LogP contribution in [-0.2, 0) is 11.8 Å². The van der Waals surface area contributed by atoms with Crippen molar-refractivity contribution >= 4 is 44.7 Å². The van der Waals surface area contributed by atoms with E-state index in [2.05, 4.69) is 10.3 Å². The fourth-order valence-electron chi connectivity index (χ4n) is 2.96. The molecule has 0 fully saturated rings. The van der Waals surface area contributed by atoms with Gasteiger partial charge in [0.1, 0.15) is 10.6 Å². The van der Waals surface area contributed by atoms with Crippen LogP contribution in [0.15, 0.2) is 29.3 Å². The van der Waals surface area contributed by atoms with Crippen LogP contribution in [0.25, 0.3) is 10.2 Å². The summed E-state index contributed by atoms with van der Waals surface area (Å²) in [5.74, 6) is 0.0947. The second-order valence-corrected chi connectivity index (χ2v) is 7.27. The molecule has 3 heterocycles. The van der Waals surface area contributed by atoms with E-state index in [9.17, 15) is 14.4 Å². The van der Waals surface area contributed by atoms with Gasteiger partial charge in [0.25, 0.3) is 17.4 Å². The molecule has 0 unspecified atom stereocenters. The van der Waals surface area contributed by atoms with Gasteiger partial charge in [0.05, 0.1) is 22.3 Å². The Morgan fingerprint density at radius 2 is 2.07 bits per heavy atom. The summed E-state index contributed by atoms with van der Waals surface area (Å²) in [7, 11) is 3.28. The Morgan fingerprint density at radius 1 is 1.30 bits per heavy atom. The predicted octanol–water partition coefficient (Wildman–Crippen LogP) is 1.91. The van der Waals surface area contributed by atoms with Gasteiger partial charge in [-0.25, -0.2) is 4.98 Å². The molecule has 1 N–H and O–H groups in total. The lowest BCUT2D eigenvalue weighted by atomic mass is 10.2. The van der Waals surface area contributed by atoms with Gasteiger partial charge in [-0.1, -0.05) is 0 Å². The normalized spacial score (nSPS) is 13.4. The van der Waals surface area contributed by atoms with Crippen LogP contribution in [0.5, 0.6) is 5.75 Å². The summed E-state index contributed by atoms with van der Waals surface area (Å²) < 4.78 is 6.78. The minimum absolute atomic E-state index is 0.00184. The molecule has 0 spiro atoms. The number of hydrogen-bond acceptors (Lipinski definition) is 6. The molecule has 9 heteroatoms.